The number of phenols is 1. The molecule has 3 nitrogen and oxygen atoms in total. The van der Waals surface area contributed by atoms with Gasteiger partial charge in [-0.15, -0.1) is 0 Å². The Morgan fingerprint density at radius 2 is 2.00 bits per heavy atom. The van der Waals surface area contributed by atoms with E-state index in [0.29, 0.717) is 5.46 Å². The predicted molar refractivity (Wildman–Crippen MR) is 51.9 cm³/mol. The quantitative estimate of drug-likeness (QED) is 0.575. The van der Waals surface area contributed by atoms with Crippen LogP contribution in [0.1, 0.15) is 18.9 Å². The van der Waals surface area contributed by atoms with Crippen LogP contribution in [-0.2, 0) is 6.42 Å². The standard InChI is InChI=1S/C9H13BO3/c1-2-3-7-6-8(10(12)13)4-5-9(7)11/h4-6,11-13H,2-3H2,1H3. The summed E-state index contributed by atoms with van der Waals surface area (Å²) in [6, 6.07) is 4.60. The molecule has 0 spiro atoms. The predicted octanol–water partition coefficient (Wildman–Crippen LogP) is 0.0245. The Morgan fingerprint density at radius 1 is 1.31 bits per heavy atom. The van der Waals surface area contributed by atoms with Crippen LogP contribution >= 0.6 is 0 Å². The third-order valence-electron chi connectivity index (χ3n) is 1.92. The highest BCUT2D eigenvalue weighted by atomic mass is 16.4. The second-order valence-electron chi connectivity index (χ2n) is 3.01. The molecule has 1 aromatic rings. The van der Waals surface area contributed by atoms with Crippen LogP contribution in [0.4, 0.5) is 0 Å². The van der Waals surface area contributed by atoms with E-state index in [-0.39, 0.29) is 5.75 Å². The van der Waals surface area contributed by atoms with Crippen LogP contribution in [0, 0.1) is 0 Å². The smallest absolute Gasteiger partial charge is 0.488 e. The molecule has 4 heteroatoms. The molecule has 0 aliphatic heterocycles. The molecule has 0 aliphatic carbocycles. The summed E-state index contributed by atoms with van der Waals surface area (Å²) in [4.78, 5) is 0. The van der Waals surface area contributed by atoms with E-state index in [1.54, 1.807) is 6.07 Å². The van der Waals surface area contributed by atoms with Crippen molar-refractivity contribution in [2.75, 3.05) is 0 Å². The minimum absolute atomic E-state index is 0.214. The average molecular weight is 180 g/mol. The van der Waals surface area contributed by atoms with Crippen LogP contribution in [0.2, 0.25) is 0 Å². The van der Waals surface area contributed by atoms with Gasteiger partial charge < -0.3 is 15.2 Å². The summed E-state index contributed by atoms with van der Waals surface area (Å²) in [6.07, 6.45) is 1.66. The lowest BCUT2D eigenvalue weighted by atomic mass is 9.79. The average Bonchev–Trinajstić information content (AvgIpc) is 2.08. The molecule has 70 valence electrons. The summed E-state index contributed by atoms with van der Waals surface area (Å²) in [5, 5.41) is 27.1. The van der Waals surface area contributed by atoms with E-state index in [0.717, 1.165) is 18.4 Å². The van der Waals surface area contributed by atoms with Crippen LogP contribution in [0.15, 0.2) is 18.2 Å². The van der Waals surface area contributed by atoms with E-state index < -0.39 is 7.12 Å². The Bertz CT molecular complexity index is 286. The minimum atomic E-state index is -1.46. The summed E-state index contributed by atoms with van der Waals surface area (Å²) < 4.78 is 0. The molecule has 0 unspecified atom stereocenters. The molecule has 1 rings (SSSR count). The third kappa shape index (κ3) is 2.47. The number of rotatable bonds is 3. The highest BCUT2D eigenvalue weighted by Crippen LogP contribution is 2.16. The number of benzene rings is 1. The van der Waals surface area contributed by atoms with Gasteiger partial charge in [0.05, 0.1) is 0 Å². The fraction of sp³-hybridized carbons (Fsp3) is 0.333. The van der Waals surface area contributed by atoms with Crippen molar-refractivity contribution in [2.24, 2.45) is 0 Å². The molecule has 0 amide bonds. The van der Waals surface area contributed by atoms with E-state index in [9.17, 15) is 5.11 Å². The van der Waals surface area contributed by atoms with Gasteiger partial charge in [-0.25, -0.2) is 0 Å². The first-order chi connectivity index (χ1) is 6.15. The van der Waals surface area contributed by atoms with E-state index in [4.69, 9.17) is 10.0 Å². The van der Waals surface area contributed by atoms with Gasteiger partial charge in [-0.1, -0.05) is 25.5 Å². The first-order valence-corrected chi connectivity index (χ1v) is 4.33. The normalized spacial score (nSPS) is 10.1. The van der Waals surface area contributed by atoms with Crippen LogP contribution in [-0.4, -0.2) is 22.3 Å². The molecule has 0 radical (unpaired) electrons. The molecule has 0 atom stereocenters. The summed E-state index contributed by atoms with van der Waals surface area (Å²) in [5.74, 6) is 0.214. The zero-order valence-electron chi connectivity index (χ0n) is 7.57. The van der Waals surface area contributed by atoms with Gasteiger partial charge in [-0.3, -0.25) is 0 Å². The molecule has 0 aliphatic rings. The monoisotopic (exact) mass is 180 g/mol. The Balaban J connectivity index is 2.97. The summed E-state index contributed by atoms with van der Waals surface area (Å²) in [5.41, 5.74) is 1.18. The van der Waals surface area contributed by atoms with E-state index in [2.05, 4.69) is 0 Å². The van der Waals surface area contributed by atoms with Crippen LogP contribution in [0.5, 0.6) is 5.75 Å². The first kappa shape index (κ1) is 10.1. The Morgan fingerprint density at radius 3 is 2.54 bits per heavy atom. The fourth-order valence-corrected chi connectivity index (χ4v) is 1.24. The van der Waals surface area contributed by atoms with E-state index in [1.165, 1.54) is 12.1 Å². The lowest BCUT2D eigenvalue weighted by molar-refractivity contribution is 0.425. The van der Waals surface area contributed by atoms with Crippen molar-refractivity contribution in [3.63, 3.8) is 0 Å². The maximum Gasteiger partial charge on any atom is 0.488 e. The highest BCUT2D eigenvalue weighted by molar-refractivity contribution is 6.58. The summed E-state index contributed by atoms with van der Waals surface area (Å²) in [7, 11) is -1.46. The molecule has 0 aromatic heterocycles. The van der Waals surface area contributed by atoms with Crippen LogP contribution in [0.25, 0.3) is 0 Å². The van der Waals surface area contributed by atoms with E-state index in [1.807, 2.05) is 6.92 Å². The number of aromatic hydroxyl groups is 1. The van der Waals surface area contributed by atoms with Gasteiger partial charge in [0.2, 0.25) is 0 Å². The van der Waals surface area contributed by atoms with Crippen molar-refractivity contribution in [3.05, 3.63) is 23.8 Å². The molecule has 13 heavy (non-hydrogen) atoms. The van der Waals surface area contributed by atoms with Crippen LogP contribution in [0.3, 0.4) is 0 Å². The molecular weight excluding hydrogens is 167 g/mol. The molecule has 0 saturated heterocycles. The number of hydrogen-bond acceptors (Lipinski definition) is 3. The van der Waals surface area contributed by atoms with Crippen LogP contribution < -0.4 is 5.46 Å². The van der Waals surface area contributed by atoms with Crippen molar-refractivity contribution in [1.82, 2.24) is 0 Å². The van der Waals surface area contributed by atoms with Gasteiger partial charge in [0, 0.05) is 0 Å². The van der Waals surface area contributed by atoms with Crippen molar-refractivity contribution in [1.29, 1.82) is 0 Å². The molecule has 0 saturated carbocycles. The molecule has 0 fully saturated rings. The Kier molecular flexibility index (Phi) is 3.34. The largest absolute Gasteiger partial charge is 0.508 e. The van der Waals surface area contributed by atoms with Gasteiger partial charge in [-0.2, -0.15) is 0 Å². The zero-order chi connectivity index (χ0) is 9.84. The SMILES string of the molecule is CCCc1cc(B(O)O)ccc1O. The maximum absolute atomic E-state index is 9.38. The second-order valence-corrected chi connectivity index (χ2v) is 3.01. The summed E-state index contributed by atoms with van der Waals surface area (Å²) >= 11 is 0. The van der Waals surface area contributed by atoms with Crippen molar-refractivity contribution in [2.45, 2.75) is 19.8 Å². The minimum Gasteiger partial charge on any atom is -0.508 e. The van der Waals surface area contributed by atoms with Crippen molar-refractivity contribution >= 4 is 12.6 Å². The molecule has 0 heterocycles. The molecule has 1 aromatic carbocycles. The van der Waals surface area contributed by atoms with Gasteiger partial charge in [0.15, 0.2) is 0 Å². The first-order valence-electron chi connectivity index (χ1n) is 4.33. The Hall–Kier alpha value is -0.995. The molecule has 3 N–H and O–H groups in total. The highest BCUT2D eigenvalue weighted by Gasteiger charge is 2.12. The lowest BCUT2D eigenvalue weighted by Gasteiger charge is -2.05. The number of phenolic OH excluding ortho intramolecular Hbond substituents is 1. The number of hydrogen-bond donors (Lipinski definition) is 3. The summed E-state index contributed by atoms with van der Waals surface area (Å²) in [6.45, 7) is 2.00. The molecule has 0 bridgehead atoms. The lowest BCUT2D eigenvalue weighted by Crippen LogP contribution is -2.29. The fourth-order valence-electron chi connectivity index (χ4n) is 1.24. The van der Waals surface area contributed by atoms with Crippen molar-refractivity contribution < 1.29 is 15.2 Å². The molecular formula is C9H13BO3. The number of aryl methyl sites for hydroxylation is 1. The van der Waals surface area contributed by atoms with Gasteiger partial charge in [0.1, 0.15) is 5.75 Å². The van der Waals surface area contributed by atoms with Gasteiger partial charge in [0.25, 0.3) is 0 Å². The van der Waals surface area contributed by atoms with Crippen molar-refractivity contribution in [3.8, 4) is 5.75 Å². The van der Waals surface area contributed by atoms with Gasteiger partial charge in [-0.05, 0) is 23.5 Å². The third-order valence-corrected chi connectivity index (χ3v) is 1.92. The zero-order valence-corrected chi connectivity index (χ0v) is 7.57. The second kappa shape index (κ2) is 4.30. The van der Waals surface area contributed by atoms with Gasteiger partial charge >= 0.3 is 7.12 Å². The Labute approximate surface area is 77.8 Å². The topological polar surface area (TPSA) is 60.7 Å². The van der Waals surface area contributed by atoms with E-state index >= 15 is 0 Å². The maximum atomic E-state index is 9.38.